The molecule has 1 N–H and O–H groups in total. The number of benzene rings is 1. The van der Waals surface area contributed by atoms with Crippen LogP contribution in [0.25, 0.3) is 0 Å². The molecule has 0 radical (unpaired) electrons. The van der Waals surface area contributed by atoms with E-state index in [1.807, 2.05) is 38.2 Å². The van der Waals surface area contributed by atoms with Gasteiger partial charge in [0.05, 0.1) is 22.7 Å². The van der Waals surface area contributed by atoms with Gasteiger partial charge in [0.25, 0.3) is 0 Å². The Morgan fingerprint density at radius 2 is 2.29 bits per heavy atom. The molecule has 94 valence electrons. The van der Waals surface area contributed by atoms with Crippen molar-refractivity contribution in [1.82, 2.24) is 5.32 Å². The maximum Gasteiger partial charge on any atom is 0.0781 e. The molecule has 1 aromatic rings. The van der Waals surface area contributed by atoms with Crippen LogP contribution in [-0.4, -0.2) is 35.8 Å². The van der Waals surface area contributed by atoms with Crippen molar-refractivity contribution in [3.63, 3.8) is 0 Å². The summed E-state index contributed by atoms with van der Waals surface area (Å²) in [5.41, 5.74) is 1.15. The first-order valence-electron chi connectivity index (χ1n) is 5.94. The van der Waals surface area contributed by atoms with Crippen molar-refractivity contribution < 1.29 is 8.95 Å². The monoisotopic (exact) mass is 253 g/mol. The number of ether oxygens (including phenoxy) is 1. The molecule has 0 saturated carbocycles. The molecule has 0 amide bonds. The third-order valence-electron chi connectivity index (χ3n) is 3.17. The van der Waals surface area contributed by atoms with E-state index in [9.17, 15) is 4.21 Å². The van der Waals surface area contributed by atoms with Crippen LogP contribution in [0, 0.1) is 6.92 Å². The van der Waals surface area contributed by atoms with Crippen molar-refractivity contribution in [2.75, 3.05) is 20.3 Å². The first kappa shape index (κ1) is 12.7. The summed E-state index contributed by atoms with van der Waals surface area (Å²) in [6.07, 6.45) is 0.929. The number of hydrogen-bond acceptors (Lipinski definition) is 3. The Bertz CT molecular complexity index is 408. The molecule has 0 spiro atoms. The van der Waals surface area contributed by atoms with Crippen LogP contribution in [0.5, 0.6) is 0 Å². The summed E-state index contributed by atoms with van der Waals surface area (Å²) in [6, 6.07) is 8.20. The number of hydrogen-bond donors (Lipinski definition) is 1. The lowest BCUT2D eigenvalue weighted by Gasteiger charge is -2.30. The number of rotatable bonds is 3. The highest BCUT2D eigenvalue weighted by Gasteiger charge is 2.30. The number of nitrogens with one attached hydrogen (secondary N) is 1. The molecule has 1 aliphatic heterocycles. The normalized spacial score (nSPS) is 26.7. The van der Waals surface area contributed by atoms with Crippen LogP contribution in [0.3, 0.4) is 0 Å². The van der Waals surface area contributed by atoms with E-state index in [1.165, 1.54) is 0 Å². The summed E-state index contributed by atoms with van der Waals surface area (Å²) < 4.78 is 18.0. The maximum atomic E-state index is 12.5. The van der Waals surface area contributed by atoms with Crippen LogP contribution in [0.1, 0.15) is 12.0 Å². The summed E-state index contributed by atoms with van der Waals surface area (Å²) in [5, 5.41) is 3.30. The van der Waals surface area contributed by atoms with Crippen LogP contribution in [0.15, 0.2) is 29.2 Å². The minimum absolute atomic E-state index is 0.0514. The lowest BCUT2D eigenvalue weighted by atomic mass is 10.1. The molecule has 1 heterocycles. The second-order valence-corrected chi connectivity index (χ2v) is 6.08. The Morgan fingerprint density at radius 3 is 3.00 bits per heavy atom. The smallest absolute Gasteiger partial charge is 0.0781 e. The zero-order valence-electron chi connectivity index (χ0n) is 10.3. The van der Waals surface area contributed by atoms with Gasteiger partial charge in [-0.3, -0.25) is 4.21 Å². The Hall–Kier alpha value is -0.710. The highest BCUT2D eigenvalue weighted by atomic mass is 32.2. The first-order chi connectivity index (χ1) is 8.22. The molecular formula is C13H19NO2S. The third kappa shape index (κ3) is 2.94. The van der Waals surface area contributed by atoms with E-state index in [0.717, 1.165) is 23.5 Å². The topological polar surface area (TPSA) is 38.3 Å². The lowest BCUT2D eigenvalue weighted by molar-refractivity contribution is 0.0838. The van der Waals surface area contributed by atoms with Crippen molar-refractivity contribution in [3.05, 3.63) is 29.8 Å². The summed E-state index contributed by atoms with van der Waals surface area (Å²) in [6.45, 7) is 3.35. The van der Waals surface area contributed by atoms with E-state index in [4.69, 9.17) is 4.74 Å². The molecule has 4 heteroatoms. The SMILES string of the molecule is CNC1CCOCC1S(=O)c1cccc(C)c1. The second-order valence-electron chi connectivity index (χ2n) is 4.41. The predicted molar refractivity (Wildman–Crippen MR) is 69.7 cm³/mol. The van der Waals surface area contributed by atoms with Gasteiger partial charge in [-0.25, -0.2) is 0 Å². The van der Waals surface area contributed by atoms with Gasteiger partial charge in [0.1, 0.15) is 0 Å². The van der Waals surface area contributed by atoms with Gasteiger partial charge < -0.3 is 10.1 Å². The lowest BCUT2D eigenvalue weighted by Crippen LogP contribution is -2.47. The van der Waals surface area contributed by atoms with Gasteiger partial charge in [0, 0.05) is 17.5 Å². The van der Waals surface area contributed by atoms with Crippen molar-refractivity contribution in [2.24, 2.45) is 0 Å². The van der Waals surface area contributed by atoms with E-state index in [2.05, 4.69) is 5.32 Å². The molecule has 1 aliphatic rings. The van der Waals surface area contributed by atoms with E-state index < -0.39 is 10.8 Å². The Labute approximate surface area is 105 Å². The van der Waals surface area contributed by atoms with Crippen molar-refractivity contribution in [3.8, 4) is 0 Å². The fourth-order valence-corrected chi connectivity index (χ4v) is 3.82. The standard InChI is InChI=1S/C13H19NO2S/c1-10-4-3-5-11(8-10)17(15)13-9-16-7-6-12(13)14-2/h3-5,8,12-14H,6-7,9H2,1-2H3. The molecule has 1 saturated heterocycles. The Balaban J connectivity index is 2.18. The molecule has 1 aromatic carbocycles. The van der Waals surface area contributed by atoms with Crippen LogP contribution < -0.4 is 5.32 Å². The molecule has 1 fully saturated rings. The third-order valence-corrected chi connectivity index (χ3v) is 4.90. The van der Waals surface area contributed by atoms with E-state index >= 15 is 0 Å². The van der Waals surface area contributed by atoms with Crippen molar-refractivity contribution in [1.29, 1.82) is 0 Å². The van der Waals surface area contributed by atoms with Gasteiger partial charge in [-0.1, -0.05) is 12.1 Å². The van der Waals surface area contributed by atoms with Gasteiger partial charge in [0.15, 0.2) is 0 Å². The summed E-state index contributed by atoms with van der Waals surface area (Å²) in [5.74, 6) is 0. The fourth-order valence-electron chi connectivity index (χ4n) is 2.17. The predicted octanol–water partition coefficient (Wildman–Crippen LogP) is 1.48. The maximum absolute atomic E-state index is 12.5. The molecular weight excluding hydrogens is 234 g/mol. The van der Waals surface area contributed by atoms with E-state index in [1.54, 1.807) is 0 Å². The van der Waals surface area contributed by atoms with Gasteiger partial charge in [-0.2, -0.15) is 0 Å². The van der Waals surface area contributed by atoms with E-state index in [0.29, 0.717) is 6.61 Å². The summed E-state index contributed by atoms with van der Waals surface area (Å²) in [7, 11) is 0.929. The molecule has 3 unspecified atom stereocenters. The molecule has 0 aromatic heterocycles. The van der Waals surface area contributed by atoms with Crippen LogP contribution >= 0.6 is 0 Å². The quantitative estimate of drug-likeness (QED) is 0.887. The summed E-state index contributed by atoms with van der Waals surface area (Å²) in [4.78, 5) is 0.903. The Morgan fingerprint density at radius 1 is 1.47 bits per heavy atom. The first-order valence-corrected chi connectivity index (χ1v) is 7.16. The molecule has 17 heavy (non-hydrogen) atoms. The Kier molecular flexibility index (Phi) is 4.31. The largest absolute Gasteiger partial charge is 0.380 e. The minimum Gasteiger partial charge on any atom is -0.380 e. The molecule has 3 atom stereocenters. The highest BCUT2D eigenvalue weighted by molar-refractivity contribution is 7.85. The zero-order chi connectivity index (χ0) is 12.3. The van der Waals surface area contributed by atoms with Crippen LogP contribution in [0.4, 0.5) is 0 Å². The average molecular weight is 253 g/mol. The number of aryl methyl sites for hydroxylation is 1. The minimum atomic E-state index is -0.998. The average Bonchev–Trinajstić information content (AvgIpc) is 2.38. The van der Waals surface area contributed by atoms with Crippen molar-refractivity contribution >= 4 is 10.8 Å². The zero-order valence-corrected chi connectivity index (χ0v) is 11.1. The highest BCUT2D eigenvalue weighted by Crippen LogP contribution is 2.20. The second kappa shape index (κ2) is 5.76. The fraction of sp³-hybridized carbons (Fsp3) is 0.538. The van der Waals surface area contributed by atoms with Crippen LogP contribution in [0.2, 0.25) is 0 Å². The van der Waals surface area contributed by atoms with Gasteiger partial charge in [0.2, 0.25) is 0 Å². The molecule has 0 aliphatic carbocycles. The molecule has 2 rings (SSSR count). The molecule has 0 bridgehead atoms. The summed E-state index contributed by atoms with van der Waals surface area (Å²) >= 11 is 0. The van der Waals surface area contributed by atoms with Gasteiger partial charge in [-0.05, 0) is 38.1 Å². The van der Waals surface area contributed by atoms with E-state index in [-0.39, 0.29) is 11.3 Å². The van der Waals surface area contributed by atoms with Gasteiger partial charge in [-0.15, -0.1) is 0 Å². The molecule has 3 nitrogen and oxygen atoms in total. The van der Waals surface area contributed by atoms with Crippen LogP contribution in [-0.2, 0) is 15.5 Å². The van der Waals surface area contributed by atoms with Gasteiger partial charge >= 0.3 is 0 Å². The van der Waals surface area contributed by atoms with Crippen molar-refractivity contribution in [2.45, 2.75) is 29.5 Å².